The van der Waals surface area contributed by atoms with Crippen LogP contribution in [0.2, 0.25) is 0 Å². The number of benzene rings is 2. The molecule has 0 spiro atoms. The fourth-order valence-electron chi connectivity index (χ4n) is 5.16. The van der Waals surface area contributed by atoms with Crippen LogP contribution in [0, 0.1) is 0 Å². The van der Waals surface area contributed by atoms with Gasteiger partial charge in [0.1, 0.15) is 5.58 Å². The van der Waals surface area contributed by atoms with Crippen molar-refractivity contribution < 1.29 is 30.7 Å². The molecule has 3 aromatic rings. The first-order valence-corrected chi connectivity index (χ1v) is 15.1. The smallest absolute Gasteiger partial charge is 0.344 e. The van der Waals surface area contributed by atoms with Crippen molar-refractivity contribution in [1.82, 2.24) is 8.61 Å². The van der Waals surface area contributed by atoms with Gasteiger partial charge in [-0.3, -0.25) is 0 Å². The molecule has 4 atom stereocenters. The second-order valence-electron chi connectivity index (χ2n) is 9.91. The van der Waals surface area contributed by atoms with Gasteiger partial charge in [0.25, 0.3) is 0 Å². The lowest BCUT2D eigenvalue weighted by molar-refractivity contribution is -0.0442. The molecule has 200 valence electrons. The summed E-state index contributed by atoms with van der Waals surface area (Å²) in [6, 6.07) is 8.75. The van der Waals surface area contributed by atoms with Crippen LogP contribution in [0.5, 0.6) is 0 Å². The molecule has 37 heavy (non-hydrogen) atoms. The standard InChI is InChI=1S/C25H30N2O8S2/c1-15-11-26(12-16(2)33-15)36(29,30)19-5-7-21-22-8-6-20(10-24(22)35-25(28)23(21)9-19)37(31,32)27-13-17(3)34-18(4)14-27/h5-10,15-18H,11-14H2,1-4H3/t15-,16+,17-,18+. The van der Waals surface area contributed by atoms with Crippen LogP contribution >= 0.6 is 0 Å². The van der Waals surface area contributed by atoms with E-state index < -0.39 is 25.7 Å². The van der Waals surface area contributed by atoms with Crippen molar-refractivity contribution >= 4 is 41.8 Å². The second kappa shape index (κ2) is 9.44. The van der Waals surface area contributed by atoms with E-state index in [9.17, 15) is 21.6 Å². The van der Waals surface area contributed by atoms with E-state index in [-0.39, 0.29) is 71.4 Å². The molecule has 12 heteroatoms. The number of rotatable bonds is 4. The first-order valence-electron chi connectivity index (χ1n) is 12.2. The third-order valence-corrected chi connectivity index (χ3v) is 10.4. The minimum absolute atomic E-state index is 0.0114. The summed E-state index contributed by atoms with van der Waals surface area (Å²) in [5, 5.41) is 1.09. The highest BCUT2D eigenvalue weighted by Gasteiger charge is 2.34. The summed E-state index contributed by atoms with van der Waals surface area (Å²) in [6.45, 7) is 8.15. The van der Waals surface area contributed by atoms with E-state index in [1.807, 2.05) is 27.7 Å². The average molecular weight is 551 g/mol. The van der Waals surface area contributed by atoms with Gasteiger partial charge in [-0.1, -0.05) is 6.07 Å². The number of morpholine rings is 2. The van der Waals surface area contributed by atoms with Gasteiger partial charge in [-0.15, -0.1) is 0 Å². The van der Waals surface area contributed by atoms with Crippen molar-refractivity contribution in [2.45, 2.75) is 61.9 Å². The molecule has 0 aliphatic carbocycles. The molecule has 0 N–H and O–H groups in total. The third kappa shape index (κ3) is 4.82. The minimum Gasteiger partial charge on any atom is -0.422 e. The van der Waals surface area contributed by atoms with Crippen molar-refractivity contribution in [3.8, 4) is 0 Å². The Labute approximate surface area is 215 Å². The zero-order valence-electron chi connectivity index (χ0n) is 21.1. The summed E-state index contributed by atoms with van der Waals surface area (Å²) in [5.74, 6) is 0. The van der Waals surface area contributed by atoms with Crippen LogP contribution in [0.1, 0.15) is 27.7 Å². The maximum Gasteiger partial charge on any atom is 0.344 e. The summed E-state index contributed by atoms with van der Waals surface area (Å²) in [7, 11) is -7.70. The van der Waals surface area contributed by atoms with Crippen molar-refractivity contribution in [1.29, 1.82) is 0 Å². The average Bonchev–Trinajstić information content (AvgIpc) is 2.82. The lowest BCUT2D eigenvalue weighted by Gasteiger charge is -2.34. The monoisotopic (exact) mass is 550 g/mol. The van der Waals surface area contributed by atoms with Crippen molar-refractivity contribution in [2.24, 2.45) is 0 Å². The highest BCUT2D eigenvalue weighted by molar-refractivity contribution is 7.89. The van der Waals surface area contributed by atoms with E-state index in [0.717, 1.165) is 0 Å². The first kappa shape index (κ1) is 26.3. The first-order chi connectivity index (χ1) is 17.4. The predicted octanol–water partition coefficient (Wildman–Crippen LogP) is 2.54. The number of fused-ring (bicyclic) bond motifs is 3. The molecule has 2 aliphatic heterocycles. The van der Waals surface area contributed by atoms with Crippen LogP contribution in [-0.2, 0) is 29.5 Å². The molecular formula is C25H30N2O8S2. The molecule has 0 unspecified atom stereocenters. The molecule has 0 amide bonds. The van der Waals surface area contributed by atoms with Crippen molar-refractivity contribution in [3.63, 3.8) is 0 Å². The van der Waals surface area contributed by atoms with Gasteiger partial charge in [0.15, 0.2) is 0 Å². The zero-order valence-corrected chi connectivity index (χ0v) is 22.7. The number of hydrogen-bond donors (Lipinski definition) is 0. The molecule has 2 saturated heterocycles. The number of sulfonamides is 2. The van der Waals surface area contributed by atoms with Crippen LogP contribution in [-0.4, -0.2) is 76.0 Å². The Hall–Kier alpha value is -2.35. The number of nitrogens with zero attached hydrogens (tertiary/aromatic N) is 2. The van der Waals surface area contributed by atoms with Gasteiger partial charge in [0.2, 0.25) is 20.0 Å². The quantitative estimate of drug-likeness (QED) is 0.359. The summed E-state index contributed by atoms with van der Waals surface area (Å²) >= 11 is 0. The fraction of sp³-hybridized carbons (Fsp3) is 0.480. The second-order valence-corrected chi connectivity index (χ2v) is 13.8. The Morgan fingerprint density at radius 1 is 0.649 bits per heavy atom. The normalized spacial score (nSPS) is 26.6. The SMILES string of the molecule is C[C@@H]1CN(S(=O)(=O)c2ccc3c(c2)oc(=O)c2cc(S(=O)(=O)N4C[C@@H](C)O[C@@H](C)C4)ccc23)C[C@H](C)O1. The lowest BCUT2D eigenvalue weighted by atomic mass is 10.1. The Kier molecular flexibility index (Phi) is 6.70. The van der Waals surface area contributed by atoms with E-state index in [1.54, 1.807) is 12.1 Å². The Balaban J connectivity index is 1.55. The van der Waals surface area contributed by atoms with E-state index >= 15 is 0 Å². The molecule has 10 nitrogen and oxygen atoms in total. The molecule has 2 aliphatic rings. The molecule has 0 saturated carbocycles. The lowest BCUT2D eigenvalue weighted by Crippen LogP contribution is -2.48. The molecule has 0 bridgehead atoms. The van der Waals surface area contributed by atoms with Crippen LogP contribution in [0.3, 0.4) is 0 Å². The van der Waals surface area contributed by atoms with Crippen molar-refractivity contribution in [3.05, 3.63) is 46.8 Å². The number of hydrogen-bond acceptors (Lipinski definition) is 8. The van der Waals surface area contributed by atoms with Gasteiger partial charge in [-0.25, -0.2) is 21.6 Å². The summed E-state index contributed by atoms with van der Waals surface area (Å²) in [4.78, 5) is 12.9. The molecular weight excluding hydrogens is 520 g/mol. The van der Waals surface area contributed by atoms with Gasteiger partial charge in [0.05, 0.1) is 39.6 Å². The highest BCUT2D eigenvalue weighted by atomic mass is 32.2. The highest BCUT2D eigenvalue weighted by Crippen LogP contribution is 2.30. The summed E-state index contributed by atoms with van der Waals surface area (Å²) < 4.78 is 72.7. The number of ether oxygens (including phenoxy) is 2. The third-order valence-electron chi connectivity index (χ3n) is 6.70. The molecule has 3 heterocycles. The predicted molar refractivity (Wildman–Crippen MR) is 138 cm³/mol. The van der Waals surface area contributed by atoms with Crippen LogP contribution in [0.15, 0.2) is 55.4 Å². The van der Waals surface area contributed by atoms with Gasteiger partial charge >= 0.3 is 5.63 Å². The topological polar surface area (TPSA) is 123 Å². The van der Waals surface area contributed by atoms with Gasteiger partial charge < -0.3 is 13.9 Å². The van der Waals surface area contributed by atoms with E-state index in [2.05, 4.69) is 0 Å². The summed E-state index contributed by atoms with van der Waals surface area (Å²) in [6.07, 6.45) is -0.977. The molecule has 2 fully saturated rings. The van der Waals surface area contributed by atoms with Crippen LogP contribution in [0.25, 0.3) is 21.7 Å². The van der Waals surface area contributed by atoms with Crippen LogP contribution in [0.4, 0.5) is 0 Å². The van der Waals surface area contributed by atoms with Gasteiger partial charge in [-0.2, -0.15) is 8.61 Å². The minimum atomic E-state index is -3.86. The largest absolute Gasteiger partial charge is 0.422 e. The van der Waals surface area contributed by atoms with Gasteiger partial charge in [-0.05, 0) is 52.0 Å². The van der Waals surface area contributed by atoms with Crippen LogP contribution < -0.4 is 5.63 Å². The molecule has 0 radical (unpaired) electrons. The summed E-state index contributed by atoms with van der Waals surface area (Å²) in [5.41, 5.74) is -0.634. The Morgan fingerprint density at radius 2 is 1.08 bits per heavy atom. The van der Waals surface area contributed by atoms with E-state index in [0.29, 0.717) is 10.8 Å². The van der Waals surface area contributed by atoms with E-state index in [1.165, 1.54) is 32.9 Å². The Morgan fingerprint density at radius 3 is 1.57 bits per heavy atom. The van der Waals surface area contributed by atoms with E-state index in [4.69, 9.17) is 13.9 Å². The van der Waals surface area contributed by atoms with Gasteiger partial charge in [0, 0.05) is 43.0 Å². The zero-order chi connectivity index (χ0) is 26.7. The molecule has 2 aromatic carbocycles. The Bertz CT molecular complexity index is 1610. The van der Waals surface area contributed by atoms with Crippen molar-refractivity contribution in [2.75, 3.05) is 26.2 Å². The molecule has 5 rings (SSSR count). The molecule has 1 aromatic heterocycles. The maximum absolute atomic E-state index is 13.3. The fourth-order valence-corrected chi connectivity index (χ4v) is 8.39. The maximum atomic E-state index is 13.3.